The molecule has 2 N–H and O–H groups in total. The van der Waals surface area contributed by atoms with Crippen LogP contribution in [0.3, 0.4) is 0 Å². The maximum atomic E-state index is 12.0. The Labute approximate surface area is 140 Å². The van der Waals surface area contributed by atoms with Crippen LogP contribution >= 0.6 is 0 Å². The Balaban J connectivity index is 1.53. The third kappa shape index (κ3) is 4.18. The first-order valence-corrected chi connectivity index (χ1v) is 8.01. The van der Waals surface area contributed by atoms with Gasteiger partial charge >= 0.3 is 6.01 Å². The normalized spacial score (nSPS) is 16.5. The molecular weight excluding hydrogens is 306 g/mol. The summed E-state index contributed by atoms with van der Waals surface area (Å²) in [4.78, 5) is 20.1. The lowest BCUT2D eigenvalue weighted by Crippen LogP contribution is -2.28. The summed E-state index contributed by atoms with van der Waals surface area (Å²) in [7, 11) is 0. The van der Waals surface area contributed by atoms with E-state index in [-0.39, 0.29) is 11.9 Å². The third-order valence-corrected chi connectivity index (χ3v) is 4.24. The molecule has 1 amide bonds. The van der Waals surface area contributed by atoms with Gasteiger partial charge in [-0.05, 0) is 43.2 Å². The number of rotatable bonds is 4. The van der Waals surface area contributed by atoms with Crippen molar-refractivity contribution < 1.29 is 9.32 Å². The third-order valence-electron chi connectivity index (χ3n) is 4.24. The van der Waals surface area contributed by atoms with Crippen LogP contribution in [0.4, 0.5) is 6.01 Å². The molecule has 0 spiro atoms. The van der Waals surface area contributed by atoms with Crippen LogP contribution in [0.15, 0.2) is 40.7 Å². The van der Waals surface area contributed by atoms with E-state index in [4.69, 9.17) is 4.52 Å². The number of nitrogens with zero attached hydrogens (tertiary/aromatic N) is 3. The first-order chi connectivity index (χ1) is 11.5. The highest BCUT2D eigenvalue weighted by atomic mass is 16.5. The van der Waals surface area contributed by atoms with Crippen LogP contribution in [0, 0.1) is 5.41 Å². The summed E-state index contributed by atoms with van der Waals surface area (Å²) < 4.78 is 5.06. The van der Waals surface area contributed by atoms with E-state index >= 15 is 0 Å². The van der Waals surface area contributed by atoms with Gasteiger partial charge in [0, 0.05) is 24.0 Å². The summed E-state index contributed by atoms with van der Waals surface area (Å²) in [6.45, 7) is 4.53. The van der Waals surface area contributed by atoms with Gasteiger partial charge in [-0.3, -0.25) is 15.2 Å². The first kappa shape index (κ1) is 16.2. The summed E-state index contributed by atoms with van der Waals surface area (Å²) in [5, 5.41) is 3.85. The van der Waals surface area contributed by atoms with Crippen LogP contribution < -0.4 is 10.9 Å². The van der Waals surface area contributed by atoms with E-state index in [2.05, 4.69) is 39.8 Å². The Morgan fingerprint density at radius 3 is 2.67 bits per heavy atom. The second-order valence-corrected chi connectivity index (χ2v) is 6.74. The average molecular weight is 327 g/mol. The minimum Gasteiger partial charge on any atom is -0.313 e. The Bertz CT molecular complexity index is 724. The molecule has 0 bridgehead atoms. The maximum absolute atomic E-state index is 12.0. The minimum atomic E-state index is -0.214. The summed E-state index contributed by atoms with van der Waals surface area (Å²) in [6.07, 6.45) is 9.11. The molecule has 7 heteroatoms. The lowest BCUT2D eigenvalue weighted by atomic mass is 9.75. The van der Waals surface area contributed by atoms with Crippen molar-refractivity contribution in [3.05, 3.63) is 36.2 Å². The zero-order valence-electron chi connectivity index (χ0n) is 13.9. The van der Waals surface area contributed by atoms with Crippen molar-refractivity contribution in [2.75, 3.05) is 5.43 Å². The average Bonchev–Trinajstić information content (AvgIpc) is 3.05. The molecule has 2 heterocycles. The Kier molecular flexibility index (Phi) is 4.59. The van der Waals surface area contributed by atoms with E-state index < -0.39 is 0 Å². The lowest BCUT2D eigenvalue weighted by molar-refractivity contribution is -0.116. The molecule has 126 valence electrons. The second kappa shape index (κ2) is 6.82. The molecule has 24 heavy (non-hydrogen) atoms. The predicted molar refractivity (Wildman–Crippen MR) is 89.6 cm³/mol. The number of anilines is 1. The predicted octanol–water partition coefficient (Wildman–Crippen LogP) is 3.10. The van der Waals surface area contributed by atoms with Crippen LogP contribution in [0.1, 0.15) is 39.5 Å². The minimum absolute atomic E-state index is 0.137. The monoisotopic (exact) mass is 327 g/mol. The molecule has 0 atom stereocenters. The number of carbonyl (C=O) groups excluding carboxylic acids is 1. The van der Waals surface area contributed by atoms with Crippen molar-refractivity contribution in [2.24, 2.45) is 5.41 Å². The maximum Gasteiger partial charge on any atom is 0.340 e. The number of hydrogen-bond acceptors (Lipinski definition) is 6. The van der Waals surface area contributed by atoms with Crippen LogP contribution in [-0.4, -0.2) is 21.0 Å². The molecule has 2 aromatic rings. The lowest BCUT2D eigenvalue weighted by Gasteiger charge is -2.30. The summed E-state index contributed by atoms with van der Waals surface area (Å²) >= 11 is 0. The van der Waals surface area contributed by atoms with Crippen LogP contribution in [0.5, 0.6) is 0 Å². The van der Waals surface area contributed by atoms with Gasteiger partial charge in [0.25, 0.3) is 5.91 Å². The largest absolute Gasteiger partial charge is 0.340 e. The second-order valence-electron chi connectivity index (χ2n) is 6.74. The molecule has 2 aromatic heterocycles. The number of nitrogens with one attached hydrogen (secondary N) is 2. The number of pyridine rings is 1. The number of hydrogen-bond donors (Lipinski definition) is 2. The number of allylic oxidation sites excluding steroid dienone is 1. The number of amides is 1. The van der Waals surface area contributed by atoms with Crippen LogP contribution in [0.25, 0.3) is 11.4 Å². The molecule has 0 aromatic carbocycles. The Morgan fingerprint density at radius 1 is 1.25 bits per heavy atom. The fraction of sp³-hybridized carbons (Fsp3) is 0.412. The zero-order valence-corrected chi connectivity index (χ0v) is 13.9. The highest BCUT2D eigenvalue weighted by molar-refractivity contribution is 5.88. The van der Waals surface area contributed by atoms with Crippen molar-refractivity contribution in [1.82, 2.24) is 20.6 Å². The molecule has 1 aliphatic rings. The quantitative estimate of drug-likeness (QED) is 0.662. The summed E-state index contributed by atoms with van der Waals surface area (Å²) in [6, 6.07) is 3.70. The Hall–Kier alpha value is -2.70. The van der Waals surface area contributed by atoms with Gasteiger partial charge in [-0.25, -0.2) is 5.43 Å². The summed E-state index contributed by atoms with van der Waals surface area (Å²) in [5.41, 5.74) is 7.54. The van der Waals surface area contributed by atoms with Gasteiger partial charge in [0.05, 0.1) is 0 Å². The van der Waals surface area contributed by atoms with Crippen molar-refractivity contribution >= 4 is 11.9 Å². The fourth-order valence-electron chi connectivity index (χ4n) is 2.62. The topological polar surface area (TPSA) is 92.9 Å². The van der Waals surface area contributed by atoms with Crippen LogP contribution in [-0.2, 0) is 4.79 Å². The van der Waals surface area contributed by atoms with Crippen molar-refractivity contribution in [2.45, 2.75) is 39.5 Å². The SMILES string of the molecule is CC1(C)CCC(=CC(=O)NNc2nc(-c3ccncc3)no2)CC1. The Morgan fingerprint density at radius 2 is 1.96 bits per heavy atom. The van der Waals surface area contributed by atoms with Crippen molar-refractivity contribution in [3.63, 3.8) is 0 Å². The molecule has 0 saturated heterocycles. The molecule has 7 nitrogen and oxygen atoms in total. The van der Waals surface area contributed by atoms with Gasteiger partial charge in [0.2, 0.25) is 5.82 Å². The van der Waals surface area contributed by atoms with Gasteiger partial charge < -0.3 is 4.52 Å². The molecule has 1 aliphatic carbocycles. The van der Waals surface area contributed by atoms with E-state index in [1.165, 1.54) is 5.57 Å². The van der Waals surface area contributed by atoms with Gasteiger partial charge in [-0.1, -0.05) is 24.6 Å². The van der Waals surface area contributed by atoms with E-state index in [1.807, 2.05) is 0 Å². The molecule has 0 radical (unpaired) electrons. The molecule has 3 rings (SSSR count). The number of hydrazine groups is 1. The van der Waals surface area contributed by atoms with Gasteiger partial charge in [-0.2, -0.15) is 4.98 Å². The van der Waals surface area contributed by atoms with Crippen LogP contribution in [0.2, 0.25) is 0 Å². The van der Waals surface area contributed by atoms with E-state index in [9.17, 15) is 4.79 Å². The van der Waals surface area contributed by atoms with Gasteiger partial charge in [0.1, 0.15) is 0 Å². The smallest absolute Gasteiger partial charge is 0.313 e. The van der Waals surface area contributed by atoms with E-state index in [1.54, 1.807) is 30.6 Å². The zero-order chi connectivity index (χ0) is 17.0. The summed E-state index contributed by atoms with van der Waals surface area (Å²) in [5.74, 6) is 0.218. The van der Waals surface area contributed by atoms with E-state index in [0.29, 0.717) is 11.2 Å². The highest BCUT2D eigenvalue weighted by Gasteiger charge is 2.23. The van der Waals surface area contributed by atoms with Crippen molar-refractivity contribution in [3.8, 4) is 11.4 Å². The van der Waals surface area contributed by atoms with E-state index in [0.717, 1.165) is 31.2 Å². The van der Waals surface area contributed by atoms with Gasteiger partial charge in [-0.15, -0.1) is 0 Å². The molecular formula is C17H21N5O2. The number of aromatic nitrogens is 3. The number of carbonyl (C=O) groups is 1. The molecule has 0 aliphatic heterocycles. The van der Waals surface area contributed by atoms with Crippen molar-refractivity contribution in [1.29, 1.82) is 0 Å². The standard InChI is InChI=1S/C17H21N5O2/c1-17(2)7-3-12(4-8-17)11-14(23)20-21-16-19-15(22-24-16)13-5-9-18-10-6-13/h5-6,9-11H,3-4,7-8H2,1-2H3,(H,20,23)(H,19,21,22). The molecule has 0 unspecified atom stereocenters. The van der Waals surface area contributed by atoms with Gasteiger partial charge in [0.15, 0.2) is 0 Å². The molecule has 1 fully saturated rings. The fourth-order valence-corrected chi connectivity index (χ4v) is 2.62. The first-order valence-electron chi connectivity index (χ1n) is 8.01. The molecule has 1 saturated carbocycles. The highest BCUT2D eigenvalue weighted by Crippen LogP contribution is 2.37.